The highest BCUT2D eigenvalue weighted by atomic mass is 16.5. The molecular weight excluding hydrogens is 352 g/mol. The highest BCUT2D eigenvalue weighted by Gasteiger charge is 2.20. The van der Waals surface area contributed by atoms with Crippen molar-refractivity contribution in [1.82, 2.24) is 0 Å². The van der Waals surface area contributed by atoms with Gasteiger partial charge in [0.2, 0.25) is 0 Å². The first kappa shape index (κ1) is 21.3. The summed E-state index contributed by atoms with van der Waals surface area (Å²) >= 11 is 0. The molecule has 1 fully saturated rings. The van der Waals surface area contributed by atoms with Crippen molar-refractivity contribution >= 4 is 0 Å². The summed E-state index contributed by atoms with van der Waals surface area (Å²) in [5, 5.41) is 0. The molecule has 0 unspecified atom stereocenters. The van der Waals surface area contributed by atoms with E-state index in [0.29, 0.717) is 12.5 Å². The maximum atomic E-state index is 5.47. The summed E-state index contributed by atoms with van der Waals surface area (Å²) in [6.07, 6.45) is 13.2. The third-order valence-electron chi connectivity index (χ3n) is 5.88. The maximum Gasteiger partial charge on any atom is 0.119 e. The van der Waals surface area contributed by atoms with Crippen LogP contribution in [0.15, 0.2) is 60.7 Å². The van der Waals surface area contributed by atoms with Crippen LogP contribution >= 0.6 is 0 Å². The number of allylic oxidation sites excluding steroid dienone is 2. The Labute approximate surface area is 177 Å². The number of hydrogen-bond donors (Lipinski definition) is 0. The molecule has 1 aliphatic carbocycles. The fraction of sp³-hybridized carbons (Fsp3) is 0.429. The number of ether oxygens (including phenoxy) is 1. The Balaban J connectivity index is 1.45. The minimum Gasteiger partial charge on any atom is -0.494 e. The van der Waals surface area contributed by atoms with Crippen LogP contribution in [0, 0.1) is 17.8 Å². The van der Waals surface area contributed by atoms with Gasteiger partial charge in [0.1, 0.15) is 5.75 Å². The molecule has 29 heavy (non-hydrogen) atoms. The van der Waals surface area contributed by atoms with Crippen LogP contribution in [0.3, 0.4) is 0 Å². The van der Waals surface area contributed by atoms with Crippen LogP contribution in [0.2, 0.25) is 0 Å². The van der Waals surface area contributed by atoms with Gasteiger partial charge in [-0.25, -0.2) is 0 Å². The first-order valence-corrected chi connectivity index (χ1v) is 11.3. The summed E-state index contributed by atoms with van der Waals surface area (Å²) in [5.74, 6) is 8.72. The molecule has 0 saturated heterocycles. The number of aryl methyl sites for hydroxylation is 1. The van der Waals surface area contributed by atoms with E-state index >= 15 is 0 Å². The van der Waals surface area contributed by atoms with Crippen LogP contribution in [-0.2, 0) is 6.42 Å². The molecule has 1 heteroatoms. The Morgan fingerprint density at radius 1 is 0.931 bits per heavy atom. The molecule has 1 saturated carbocycles. The summed E-state index contributed by atoms with van der Waals surface area (Å²) in [7, 11) is 0. The van der Waals surface area contributed by atoms with E-state index in [9.17, 15) is 0 Å². The number of unbranched alkanes of at least 4 members (excludes halogenated alkanes) is 1. The summed E-state index contributed by atoms with van der Waals surface area (Å²) in [4.78, 5) is 0. The van der Waals surface area contributed by atoms with Gasteiger partial charge in [0.25, 0.3) is 0 Å². The molecule has 0 heterocycles. The molecule has 0 spiro atoms. The summed E-state index contributed by atoms with van der Waals surface area (Å²) < 4.78 is 5.47. The Morgan fingerprint density at radius 3 is 2.31 bits per heavy atom. The molecule has 1 nitrogen and oxygen atoms in total. The zero-order valence-corrected chi connectivity index (χ0v) is 18.0. The Hall–Kier alpha value is -2.46. The van der Waals surface area contributed by atoms with Gasteiger partial charge in [0.05, 0.1) is 6.61 Å². The molecule has 0 bridgehead atoms. The van der Waals surface area contributed by atoms with Gasteiger partial charge in [-0.05, 0) is 98.8 Å². The lowest BCUT2D eigenvalue weighted by atomic mass is 9.78. The fourth-order valence-corrected chi connectivity index (χ4v) is 4.09. The number of rotatable bonds is 7. The number of hydrogen-bond acceptors (Lipinski definition) is 1. The first-order valence-electron chi connectivity index (χ1n) is 11.3. The van der Waals surface area contributed by atoms with Crippen molar-refractivity contribution in [2.45, 2.75) is 64.7 Å². The highest BCUT2D eigenvalue weighted by molar-refractivity contribution is 5.40. The van der Waals surface area contributed by atoms with Crippen molar-refractivity contribution in [2.24, 2.45) is 5.92 Å². The molecule has 2 aromatic rings. The molecule has 0 aromatic heterocycles. The van der Waals surface area contributed by atoms with Gasteiger partial charge in [-0.15, -0.1) is 0 Å². The van der Waals surface area contributed by atoms with Crippen molar-refractivity contribution in [1.29, 1.82) is 0 Å². The molecule has 0 aliphatic heterocycles. The largest absolute Gasteiger partial charge is 0.494 e. The number of benzene rings is 2. The van der Waals surface area contributed by atoms with Gasteiger partial charge < -0.3 is 4.74 Å². The molecule has 3 rings (SSSR count). The molecule has 152 valence electrons. The third kappa shape index (κ3) is 6.82. The monoisotopic (exact) mass is 386 g/mol. The minimum atomic E-state index is 0.671. The smallest absolute Gasteiger partial charge is 0.119 e. The van der Waals surface area contributed by atoms with Gasteiger partial charge in [0, 0.05) is 5.56 Å². The second kappa shape index (κ2) is 11.5. The van der Waals surface area contributed by atoms with E-state index in [1.165, 1.54) is 56.1 Å². The van der Waals surface area contributed by atoms with Crippen molar-refractivity contribution in [3.8, 4) is 17.6 Å². The van der Waals surface area contributed by atoms with Gasteiger partial charge >= 0.3 is 0 Å². The molecule has 0 atom stereocenters. The zero-order chi connectivity index (χ0) is 20.3. The van der Waals surface area contributed by atoms with Gasteiger partial charge in [-0.1, -0.05) is 55.5 Å². The second-order valence-corrected chi connectivity index (χ2v) is 8.04. The zero-order valence-electron chi connectivity index (χ0n) is 18.0. The van der Waals surface area contributed by atoms with Crippen molar-refractivity contribution in [2.75, 3.05) is 6.61 Å². The Kier molecular flexibility index (Phi) is 8.44. The average molecular weight is 387 g/mol. The molecular formula is C28H34O. The molecule has 0 amide bonds. The lowest BCUT2D eigenvalue weighted by Gasteiger charge is -2.27. The molecule has 0 radical (unpaired) electrons. The normalized spacial score (nSPS) is 19.0. The van der Waals surface area contributed by atoms with E-state index < -0.39 is 0 Å². The van der Waals surface area contributed by atoms with E-state index in [0.717, 1.165) is 17.2 Å². The highest BCUT2D eigenvalue weighted by Crippen LogP contribution is 2.36. The van der Waals surface area contributed by atoms with Crippen LogP contribution in [0.5, 0.6) is 5.75 Å². The van der Waals surface area contributed by atoms with E-state index in [1.54, 1.807) is 0 Å². The Morgan fingerprint density at radius 2 is 1.66 bits per heavy atom. The predicted octanol–water partition coefficient (Wildman–Crippen LogP) is 7.31. The SMILES string of the molecule is CCCCc1ccc(C2CCC(/C=C/C#Cc3ccc(OCC)cc3)CC2)cc1. The first-order chi connectivity index (χ1) is 14.3. The van der Waals surface area contributed by atoms with Crippen molar-refractivity contribution in [3.05, 3.63) is 77.4 Å². The lowest BCUT2D eigenvalue weighted by molar-refractivity contribution is 0.340. The molecule has 2 aromatic carbocycles. The summed E-state index contributed by atoms with van der Waals surface area (Å²) in [6.45, 7) is 4.95. The van der Waals surface area contributed by atoms with Crippen molar-refractivity contribution < 1.29 is 4.74 Å². The van der Waals surface area contributed by atoms with E-state index in [2.05, 4.69) is 49.1 Å². The lowest BCUT2D eigenvalue weighted by Crippen LogP contribution is -2.11. The van der Waals surface area contributed by atoms with Crippen LogP contribution in [0.4, 0.5) is 0 Å². The summed E-state index contributed by atoms with van der Waals surface area (Å²) in [6, 6.07) is 17.4. The summed E-state index contributed by atoms with van der Waals surface area (Å²) in [5.41, 5.74) is 4.05. The average Bonchev–Trinajstić information content (AvgIpc) is 2.77. The van der Waals surface area contributed by atoms with E-state index in [1.807, 2.05) is 37.3 Å². The minimum absolute atomic E-state index is 0.671. The van der Waals surface area contributed by atoms with Crippen molar-refractivity contribution in [3.63, 3.8) is 0 Å². The quantitative estimate of drug-likeness (QED) is 0.453. The topological polar surface area (TPSA) is 9.23 Å². The fourth-order valence-electron chi connectivity index (χ4n) is 4.09. The second-order valence-electron chi connectivity index (χ2n) is 8.04. The van der Waals surface area contributed by atoms with Gasteiger partial charge in [0.15, 0.2) is 0 Å². The van der Waals surface area contributed by atoms with Crippen LogP contribution in [0.1, 0.15) is 75.0 Å². The van der Waals surface area contributed by atoms with E-state index in [4.69, 9.17) is 4.74 Å². The van der Waals surface area contributed by atoms with Gasteiger partial charge in [-0.2, -0.15) is 0 Å². The predicted molar refractivity (Wildman–Crippen MR) is 123 cm³/mol. The Bertz CT molecular complexity index is 809. The van der Waals surface area contributed by atoms with Crippen LogP contribution in [0.25, 0.3) is 0 Å². The standard InChI is InChI=1S/C28H34O/c1-3-5-8-23-11-17-26(18-12-23)27-19-13-24(14-20-27)9-6-7-10-25-15-21-28(22-16-25)29-4-2/h6,9,11-12,15-18,21-22,24,27H,3-5,8,13-14,19-20H2,1-2H3/b9-6+. The van der Waals surface area contributed by atoms with Crippen LogP contribution < -0.4 is 4.74 Å². The molecule has 1 aliphatic rings. The van der Waals surface area contributed by atoms with E-state index in [-0.39, 0.29) is 0 Å². The molecule has 0 N–H and O–H groups in total. The maximum absolute atomic E-state index is 5.47. The van der Waals surface area contributed by atoms with Gasteiger partial charge in [-0.3, -0.25) is 0 Å². The van der Waals surface area contributed by atoms with Crippen LogP contribution in [-0.4, -0.2) is 6.61 Å². The third-order valence-corrected chi connectivity index (χ3v) is 5.88.